The predicted molar refractivity (Wildman–Crippen MR) is 105 cm³/mol. The number of sulfonamides is 1. The number of H-pyrrole nitrogens is 1. The predicted octanol–water partition coefficient (Wildman–Crippen LogP) is 3.71. The number of methoxy groups -OCH3 is 1. The Kier molecular flexibility index (Phi) is 5.21. The fourth-order valence-electron chi connectivity index (χ4n) is 3.45. The highest BCUT2D eigenvalue weighted by molar-refractivity contribution is 7.90. The van der Waals surface area contributed by atoms with E-state index < -0.39 is 27.9 Å². The monoisotopic (exact) mass is 456 g/mol. The molecule has 1 aliphatic heterocycles. The molecule has 0 fully saturated rings. The fraction of sp³-hybridized carbons (Fsp3) is 0.263. The highest BCUT2D eigenvalue weighted by Crippen LogP contribution is 2.36. The second kappa shape index (κ2) is 7.61. The van der Waals surface area contributed by atoms with Gasteiger partial charge in [0.2, 0.25) is 0 Å². The van der Waals surface area contributed by atoms with Crippen molar-refractivity contribution in [2.45, 2.75) is 11.9 Å². The van der Waals surface area contributed by atoms with Crippen molar-refractivity contribution in [3.63, 3.8) is 0 Å². The molecular weight excluding hydrogens is 440 g/mol. The lowest BCUT2D eigenvalue weighted by Gasteiger charge is -2.26. The average molecular weight is 456 g/mol. The van der Waals surface area contributed by atoms with Crippen LogP contribution in [-0.4, -0.2) is 53.4 Å². The van der Waals surface area contributed by atoms with Crippen LogP contribution in [0.4, 0.5) is 17.6 Å². The van der Waals surface area contributed by atoms with Gasteiger partial charge in [0.15, 0.2) is 0 Å². The minimum absolute atomic E-state index is 0.0776. The summed E-state index contributed by atoms with van der Waals surface area (Å²) in [5.41, 5.74) is -2.85. The van der Waals surface area contributed by atoms with E-state index in [2.05, 4.69) is 15.0 Å². The molecule has 3 aromatic rings. The summed E-state index contributed by atoms with van der Waals surface area (Å²) in [7, 11) is -3.93. The van der Waals surface area contributed by atoms with Crippen molar-refractivity contribution < 1.29 is 30.7 Å². The summed E-state index contributed by atoms with van der Waals surface area (Å²) >= 11 is 0. The summed E-state index contributed by atoms with van der Waals surface area (Å²) in [5, 5.41) is 0.563. The van der Waals surface area contributed by atoms with Gasteiger partial charge in [-0.2, -0.15) is 17.5 Å². The molecule has 0 atom stereocenters. The van der Waals surface area contributed by atoms with Crippen LogP contribution in [0.1, 0.15) is 12.1 Å². The molecule has 12 heteroatoms. The second-order valence-electron chi connectivity index (χ2n) is 6.80. The zero-order valence-electron chi connectivity index (χ0n) is 16.1. The summed E-state index contributed by atoms with van der Waals surface area (Å²) in [6.07, 6.45) is 2.80. The molecule has 4 rings (SSSR count). The van der Waals surface area contributed by atoms with Gasteiger partial charge in [-0.05, 0) is 36.3 Å². The zero-order chi connectivity index (χ0) is 22.4. The van der Waals surface area contributed by atoms with Gasteiger partial charge in [0.25, 0.3) is 0 Å². The van der Waals surface area contributed by atoms with E-state index in [1.165, 1.54) is 37.7 Å². The molecule has 7 nitrogen and oxygen atoms in total. The Morgan fingerprint density at radius 1 is 1.19 bits per heavy atom. The molecule has 1 N–H and O–H groups in total. The van der Waals surface area contributed by atoms with Gasteiger partial charge >= 0.3 is 15.5 Å². The number of aromatic nitrogens is 3. The first-order valence-corrected chi connectivity index (χ1v) is 10.5. The van der Waals surface area contributed by atoms with Crippen LogP contribution in [0.5, 0.6) is 5.75 Å². The standard InChI is InChI=1S/C19H16F4N4O3S/c1-30-16-3-2-12(20)8-13(16)17-14-9-15(26-18(14)25-10-24-17)11-4-6-27(7-5-11)31(28,29)19(21,22)23/h2-4,8-10H,5-7H2,1H3,(H,24,25,26). The van der Waals surface area contributed by atoms with Crippen LogP contribution < -0.4 is 4.74 Å². The summed E-state index contributed by atoms with van der Waals surface area (Å²) in [5.74, 6) is -0.0618. The maximum absolute atomic E-state index is 13.8. The molecule has 0 aliphatic carbocycles. The van der Waals surface area contributed by atoms with Crippen molar-refractivity contribution >= 4 is 26.6 Å². The lowest BCUT2D eigenvalue weighted by Crippen LogP contribution is -2.42. The first-order valence-electron chi connectivity index (χ1n) is 9.05. The largest absolute Gasteiger partial charge is 0.511 e. The molecule has 1 aromatic carbocycles. The number of hydrogen-bond donors (Lipinski definition) is 1. The van der Waals surface area contributed by atoms with Gasteiger partial charge in [0, 0.05) is 29.7 Å². The number of hydrogen-bond acceptors (Lipinski definition) is 5. The topological polar surface area (TPSA) is 88.2 Å². The minimum Gasteiger partial charge on any atom is -0.496 e. The van der Waals surface area contributed by atoms with E-state index in [9.17, 15) is 26.0 Å². The Morgan fingerprint density at radius 2 is 1.97 bits per heavy atom. The van der Waals surface area contributed by atoms with Crippen LogP contribution in [0.3, 0.4) is 0 Å². The van der Waals surface area contributed by atoms with Crippen molar-refractivity contribution in [2.24, 2.45) is 0 Å². The van der Waals surface area contributed by atoms with Crippen molar-refractivity contribution in [3.05, 3.63) is 48.2 Å². The third-order valence-corrected chi connectivity index (χ3v) is 6.59. The molecule has 0 radical (unpaired) electrons. The molecular formula is C19H16F4N4O3S. The van der Waals surface area contributed by atoms with Gasteiger partial charge in [-0.25, -0.2) is 22.8 Å². The molecule has 0 unspecified atom stereocenters. The molecule has 0 saturated heterocycles. The summed E-state index contributed by atoms with van der Waals surface area (Å²) in [6.45, 7) is -0.706. The fourth-order valence-corrected chi connectivity index (χ4v) is 4.35. The van der Waals surface area contributed by atoms with Gasteiger partial charge in [0.1, 0.15) is 23.5 Å². The first kappa shape index (κ1) is 21.2. The van der Waals surface area contributed by atoms with E-state index in [0.717, 1.165) is 0 Å². The summed E-state index contributed by atoms with van der Waals surface area (Å²) in [4.78, 5) is 11.5. The van der Waals surface area contributed by atoms with Crippen molar-refractivity contribution in [2.75, 3.05) is 20.2 Å². The number of rotatable bonds is 4. The molecule has 0 bridgehead atoms. The SMILES string of the molecule is COc1ccc(F)cc1-c1ncnc2[nH]c(C3=CCN(S(=O)(=O)C(F)(F)F)CC3)cc12. The maximum Gasteiger partial charge on any atom is 0.511 e. The number of nitrogens with one attached hydrogen (secondary N) is 1. The molecule has 164 valence electrons. The van der Waals surface area contributed by atoms with Crippen LogP contribution >= 0.6 is 0 Å². The molecule has 31 heavy (non-hydrogen) atoms. The molecule has 0 spiro atoms. The Bertz CT molecular complexity index is 1290. The normalized spacial score (nSPS) is 15.8. The van der Waals surface area contributed by atoms with E-state index in [-0.39, 0.29) is 13.0 Å². The third kappa shape index (κ3) is 3.76. The third-order valence-electron chi connectivity index (χ3n) is 4.99. The van der Waals surface area contributed by atoms with E-state index in [1.807, 2.05) is 0 Å². The second-order valence-corrected chi connectivity index (χ2v) is 8.73. The van der Waals surface area contributed by atoms with Gasteiger partial charge in [-0.15, -0.1) is 0 Å². The Balaban J connectivity index is 1.71. The van der Waals surface area contributed by atoms with E-state index in [1.54, 1.807) is 6.07 Å². The smallest absolute Gasteiger partial charge is 0.496 e. The lowest BCUT2D eigenvalue weighted by molar-refractivity contribution is -0.0486. The molecule has 2 aromatic heterocycles. The molecule has 0 saturated carbocycles. The van der Waals surface area contributed by atoms with E-state index in [0.29, 0.717) is 43.6 Å². The molecule has 3 heterocycles. The zero-order valence-corrected chi connectivity index (χ0v) is 16.9. The van der Waals surface area contributed by atoms with E-state index in [4.69, 9.17) is 4.74 Å². The molecule has 1 aliphatic rings. The van der Waals surface area contributed by atoms with Crippen LogP contribution in [0.25, 0.3) is 27.9 Å². The lowest BCUT2D eigenvalue weighted by atomic mass is 10.0. The van der Waals surface area contributed by atoms with Gasteiger partial charge in [-0.3, -0.25) is 0 Å². The minimum atomic E-state index is -5.38. The maximum atomic E-state index is 13.8. The summed E-state index contributed by atoms with van der Waals surface area (Å²) < 4.78 is 81.0. The van der Waals surface area contributed by atoms with Crippen molar-refractivity contribution in [1.29, 1.82) is 0 Å². The van der Waals surface area contributed by atoms with Crippen molar-refractivity contribution in [1.82, 2.24) is 19.3 Å². The highest BCUT2D eigenvalue weighted by Gasteiger charge is 2.50. The Labute approximate surface area is 174 Å². The van der Waals surface area contributed by atoms with Gasteiger partial charge in [0.05, 0.1) is 12.8 Å². The van der Waals surface area contributed by atoms with Gasteiger partial charge < -0.3 is 9.72 Å². The summed E-state index contributed by atoms with van der Waals surface area (Å²) in [6, 6.07) is 5.73. The molecule has 0 amide bonds. The Morgan fingerprint density at radius 3 is 2.61 bits per heavy atom. The number of halogens is 4. The Hall–Kier alpha value is -2.99. The number of aromatic amines is 1. The highest BCUT2D eigenvalue weighted by atomic mass is 32.2. The average Bonchev–Trinajstić information content (AvgIpc) is 3.17. The quantitative estimate of drug-likeness (QED) is 0.605. The van der Waals surface area contributed by atoms with E-state index >= 15 is 0 Å². The van der Waals surface area contributed by atoms with Crippen molar-refractivity contribution in [3.8, 4) is 17.0 Å². The first-order chi connectivity index (χ1) is 14.6. The number of benzene rings is 1. The van der Waals surface area contributed by atoms with Crippen LogP contribution in [-0.2, 0) is 10.0 Å². The van der Waals surface area contributed by atoms with Crippen LogP contribution in [0.2, 0.25) is 0 Å². The van der Waals surface area contributed by atoms with Gasteiger partial charge in [-0.1, -0.05) is 6.08 Å². The number of ether oxygens (including phenoxy) is 1. The number of nitrogens with zero attached hydrogens (tertiary/aromatic N) is 3. The van der Waals surface area contributed by atoms with Crippen LogP contribution in [0, 0.1) is 5.82 Å². The number of fused-ring (bicyclic) bond motifs is 1. The number of alkyl halides is 3. The van der Waals surface area contributed by atoms with Crippen LogP contribution in [0.15, 0.2) is 36.7 Å².